The molecule has 0 saturated carbocycles. The Bertz CT molecular complexity index is 316. The summed E-state index contributed by atoms with van der Waals surface area (Å²) in [5.41, 5.74) is 1.33. The topological polar surface area (TPSA) is 26.3 Å². The molecule has 0 fully saturated rings. The van der Waals surface area contributed by atoms with Gasteiger partial charge in [-0.15, -0.1) is 0 Å². The summed E-state index contributed by atoms with van der Waals surface area (Å²) in [7, 11) is -1.67. The molecular formula is C11H18O2PSi. The van der Waals surface area contributed by atoms with E-state index in [2.05, 4.69) is 31.8 Å². The van der Waals surface area contributed by atoms with Crippen molar-refractivity contribution in [3.05, 3.63) is 29.8 Å². The Hall–Kier alpha value is -0.663. The van der Waals surface area contributed by atoms with Gasteiger partial charge in [-0.2, -0.15) is 0 Å². The third-order valence-electron chi connectivity index (χ3n) is 2.25. The van der Waals surface area contributed by atoms with Crippen molar-refractivity contribution in [2.24, 2.45) is 0 Å². The molecule has 0 saturated heterocycles. The van der Waals surface area contributed by atoms with Gasteiger partial charge in [0.15, 0.2) is 0 Å². The van der Waals surface area contributed by atoms with Gasteiger partial charge in [-0.05, 0) is 24.1 Å². The standard InChI is InChI=1S/C11H18O2PSi/c1-15(2,3)9-8-10-4-6-11(7-5-10)13-14-12/h4-7,14H,8-9H2,1-3H3. The first-order valence-electron chi connectivity index (χ1n) is 5.14. The highest BCUT2D eigenvalue weighted by Gasteiger charge is 2.12. The van der Waals surface area contributed by atoms with E-state index in [0.29, 0.717) is 5.75 Å². The minimum atomic E-state index is -0.949. The quantitative estimate of drug-likeness (QED) is 0.577. The van der Waals surface area contributed by atoms with Crippen molar-refractivity contribution >= 4 is 16.8 Å². The van der Waals surface area contributed by atoms with Gasteiger partial charge in [0.1, 0.15) is 5.75 Å². The van der Waals surface area contributed by atoms with Crippen molar-refractivity contribution in [2.75, 3.05) is 0 Å². The monoisotopic (exact) mass is 241 g/mol. The fourth-order valence-corrected chi connectivity index (χ4v) is 2.56. The Morgan fingerprint density at radius 3 is 2.27 bits per heavy atom. The van der Waals surface area contributed by atoms with E-state index in [1.807, 2.05) is 12.1 Å². The van der Waals surface area contributed by atoms with E-state index in [4.69, 9.17) is 4.52 Å². The third kappa shape index (κ3) is 5.10. The molecule has 2 nitrogen and oxygen atoms in total. The maximum atomic E-state index is 10.3. The van der Waals surface area contributed by atoms with Crippen molar-refractivity contribution in [1.29, 1.82) is 0 Å². The summed E-state index contributed by atoms with van der Waals surface area (Å²) in [6.07, 6.45) is 1.13. The van der Waals surface area contributed by atoms with Crippen LogP contribution in [0.2, 0.25) is 25.7 Å². The first-order chi connectivity index (χ1) is 7.01. The summed E-state index contributed by atoms with van der Waals surface area (Å²) in [5, 5.41) is 0. The van der Waals surface area contributed by atoms with Crippen molar-refractivity contribution in [1.82, 2.24) is 0 Å². The first-order valence-corrected chi connectivity index (χ1v) is 9.66. The highest BCUT2D eigenvalue weighted by atomic mass is 31.1. The molecule has 0 heterocycles. The lowest BCUT2D eigenvalue weighted by atomic mass is 10.2. The van der Waals surface area contributed by atoms with Crippen LogP contribution in [0.4, 0.5) is 0 Å². The Kier molecular flexibility index (Phi) is 4.49. The van der Waals surface area contributed by atoms with Crippen LogP contribution in [0, 0.1) is 0 Å². The lowest BCUT2D eigenvalue weighted by molar-refractivity contribution is 0.525. The predicted molar refractivity (Wildman–Crippen MR) is 67.9 cm³/mol. The van der Waals surface area contributed by atoms with Gasteiger partial charge in [0, 0.05) is 8.07 Å². The van der Waals surface area contributed by atoms with E-state index in [1.54, 1.807) is 0 Å². The third-order valence-corrected chi connectivity index (χ3v) is 4.32. The second-order valence-electron chi connectivity index (χ2n) is 4.89. The number of benzene rings is 1. The molecule has 83 valence electrons. The van der Waals surface area contributed by atoms with Crippen molar-refractivity contribution in [3.8, 4) is 5.75 Å². The fraction of sp³-hybridized carbons (Fsp3) is 0.455. The predicted octanol–water partition coefficient (Wildman–Crippen LogP) is 3.89. The zero-order valence-corrected chi connectivity index (χ0v) is 11.5. The van der Waals surface area contributed by atoms with Crippen LogP contribution in [0.5, 0.6) is 5.75 Å². The van der Waals surface area contributed by atoms with Crippen LogP contribution >= 0.6 is 8.69 Å². The van der Waals surface area contributed by atoms with E-state index < -0.39 is 16.8 Å². The van der Waals surface area contributed by atoms with Crippen LogP contribution in [0.15, 0.2) is 24.3 Å². The highest BCUT2D eigenvalue weighted by Crippen LogP contribution is 2.18. The molecule has 1 aromatic rings. The molecule has 4 heteroatoms. The van der Waals surface area contributed by atoms with Crippen LogP contribution in [0.25, 0.3) is 0 Å². The van der Waals surface area contributed by atoms with E-state index in [9.17, 15) is 4.57 Å². The van der Waals surface area contributed by atoms with Gasteiger partial charge in [-0.1, -0.05) is 37.8 Å². The average molecular weight is 241 g/mol. The normalized spacial score (nSPS) is 11.7. The highest BCUT2D eigenvalue weighted by molar-refractivity contribution is 7.17. The molecule has 0 bridgehead atoms. The SMILES string of the molecule is C[Si](C)(C)CCc1ccc(O[PH]=O)cc1. The van der Waals surface area contributed by atoms with Gasteiger partial charge in [0.25, 0.3) is 8.69 Å². The summed E-state index contributed by atoms with van der Waals surface area (Å²) in [6.45, 7) is 7.13. The Labute approximate surface area is 94.0 Å². The van der Waals surface area contributed by atoms with E-state index >= 15 is 0 Å². The van der Waals surface area contributed by atoms with Gasteiger partial charge in [-0.25, -0.2) is 4.57 Å². The second kappa shape index (κ2) is 5.43. The Balaban J connectivity index is 2.53. The fourth-order valence-electron chi connectivity index (χ4n) is 1.29. The number of hydrogen-bond donors (Lipinski definition) is 0. The minimum Gasteiger partial charge on any atom is -0.419 e. The van der Waals surface area contributed by atoms with Crippen LogP contribution < -0.4 is 4.52 Å². The van der Waals surface area contributed by atoms with Crippen molar-refractivity contribution in [2.45, 2.75) is 32.1 Å². The summed E-state index contributed by atoms with van der Waals surface area (Å²) in [4.78, 5) is 0. The van der Waals surface area contributed by atoms with Gasteiger partial charge in [0.2, 0.25) is 0 Å². The molecule has 0 aliphatic carbocycles. The molecule has 0 amide bonds. The lowest BCUT2D eigenvalue weighted by Crippen LogP contribution is -2.19. The van der Waals surface area contributed by atoms with Gasteiger partial charge in [-0.3, -0.25) is 0 Å². The maximum Gasteiger partial charge on any atom is 0.253 e. The molecule has 15 heavy (non-hydrogen) atoms. The molecule has 1 atom stereocenters. The molecule has 0 N–H and O–H groups in total. The lowest BCUT2D eigenvalue weighted by Gasteiger charge is -2.15. The molecule has 0 aromatic heterocycles. The zero-order chi connectivity index (χ0) is 11.3. The van der Waals surface area contributed by atoms with Crippen molar-refractivity contribution in [3.63, 3.8) is 0 Å². The molecule has 1 rings (SSSR count). The van der Waals surface area contributed by atoms with Crippen molar-refractivity contribution < 1.29 is 9.09 Å². The molecule has 1 unspecified atom stereocenters. The maximum absolute atomic E-state index is 10.3. The number of aryl methyl sites for hydroxylation is 1. The largest absolute Gasteiger partial charge is 0.419 e. The smallest absolute Gasteiger partial charge is 0.253 e. The Morgan fingerprint density at radius 2 is 1.80 bits per heavy atom. The van der Waals surface area contributed by atoms with Gasteiger partial charge < -0.3 is 4.52 Å². The van der Waals surface area contributed by atoms with Gasteiger partial charge in [0.05, 0.1) is 0 Å². The molecule has 0 aliphatic rings. The zero-order valence-electron chi connectivity index (χ0n) is 9.54. The minimum absolute atomic E-state index is 0.681. The van der Waals surface area contributed by atoms with Crippen LogP contribution in [0.3, 0.4) is 0 Å². The summed E-state index contributed by atoms with van der Waals surface area (Å²) in [6, 6.07) is 9.16. The average Bonchev–Trinajstić information content (AvgIpc) is 2.16. The van der Waals surface area contributed by atoms with Gasteiger partial charge >= 0.3 is 0 Å². The van der Waals surface area contributed by atoms with E-state index in [1.165, 1.54) is 11.6 Å². The van der Waals surface area contributed by atoms with E-state index in [-0.39, 0.29) is 0 Å². The molecule has 1 radical (unpaired) electrons. The van der Waals surface area contributed by atoms with E-state index in [0.717, 1.165) is 6.42 Å². The molecular weight excluding hydrogens is 223 g/mol. The Morgan fingerprint density at radius 1 is 1.20 bits per heavy atom. The molecule has 0 aliphatic heterocycles. The number of hydrogen-bond acceptors (Lipinski definition) is 2. The summed E-state index contributed by atoms with van der Waals surface area (Å²) >= 11 is 0. The van der Waals surface area contributed by atoms with Crippen LogP contribution in [0.1, 0.15) is 5.56 Å². The summed E-state index contributed by atoms with van der Waals surface area (Å²) in [5.74, 6) is 0.681. The first kappa shape index (κ1) is 12.4. The number of rotatable bonds is 5. The van der Waals surface area contributed by atoms with Crippen LogP contribution in [-0.2, 0) is 11.0 Å². The second-order valence-corrected chi connectivity index (χ2v) is 10.9. The summed E-state index contributed by atoms with van der Waals surface area (Å²) < 4.78 is 15.1. The molecule has 1 aromatic carbocycles. The molecule has 0 spiro atoms. The van der Waals surface area contributed by atoms with Crippen LogP contribution in [-0.4, -0.2) is 8.07 Å².